The molecule has 1 aliphatic rings. The van der Waals surface area contributed by atoms with Crippen LogP contribution in [0.15, 0.2) is 0 Å². The first-order chi connectivity index (χ1) is 7.25. The Morgan fingerprint density at radius 1 is 1.25 bits per heavy atom. The van der Waals surface area contributed by atoms with Crippen molar-refractivity contribution in [3.63, 3.8) is 0 Å². The van der Waals surface area contributed by atoms with Gasteiger partial charge < -0.3 is 20.5 Å². The molecule has 94 valence electrons. The molecule has 0 aliphatic carbocycles. The number of carbonyl (C=O) groups is 2. The van der Waals surface area contributed by atoms with Crippen LogP contribution in [0.25, 0.3) is 0 Å². The van der Waals surface area contributed by atoms with Crippen molar-refractivity contribution in [2.24, 2.45) is 5.73 Å². The molecule has 0 aromatic rings. The van der Waals surface area contributed by atoms with E-state index in [0.717, 1.165) is 0 Å². The number of morpholine rings is 1. The number of hydrogen-bond donors (Lipinski definition) is 2. The smallest absolute Gasteiger partial charge is 0.475 e. The van der Waals surface area contributed by atoms with Crippen LogP contribution in [0.2, 0.25) is 0 Å². The van der Waals surface area contributed by atoms with E-state index in [1.165, 1.54) is 0 Å². The van der Waals surface area contributed by atoms with Crippen LogP contribution in [0.1, 0.15) is 0 Å². The molecule has 0 spiro atoms. The highest BCUT2D eigenvalue weighted by Crippen LogP contribution is 2.13. The van der Waals surface area contributed by atoms with Crippen LogP contribution in [0, 0.1) is 0 Å². The third-order valence-corrected chi connectivity index (χ3v) is 1.57. The lowest BCUT2D eigenvalue weighted by Crippen LogP contribution is -2.43. The molecule has 0 saturated carbocycles. The number of carboxylic acids is 1. The van der Waals surface area contributed by atoms with Crippen molar-refractivity contribution in [3.05, 3.63) is 0 Å². The van der Waals surface area contributed by atoms with Gasteiger partial charge in [-0.1, -0.05) is 0 Å². The van der Waals surface area contributed by atoms with Gasteiger partial charge in [0.2, 0.25) is 0 Å². The average Bonchev–Trinajstić information content (AvgIpc) is 2.18. The first kappa shape index (κ1) is 14.5. The number of hydrogen-bond acceptors (Lipinski definition) is 3. The molecule has 6 nitrogen and oxygen atoms in total. The van der Waals surface area contributed by atoms with Gasteiger partial charge in [0.05, 0.1) is 13.2 Å². The number of urea groups is 1. The lowest BCUT2D eigenvalue weighted by atomic mass is 10.4. The molecular formula is C7H11F3N2O4. The maximum Gasteiger partial charge on any atom is 0.490 e. The van der Waals surface area contributed by atoms with E-state index in [4.69, 9.17) is 20.4 Å². The fraction of sp³-hybridized carbons (Fsp3) is 0.714. The topological polar surface area (TPSA) is 92.9 Å². The van der Waals surface area contributed by atoms with Gasteiger partial charge in [-0.15, -0.1) is 0 Å². The van der Waals surface area contributed by atoms with Crippen LogP contribution in [0.4, 0.5) is 18.0 Å². The van der Waals surface area contributed by atoms with E-state index in [2.05, 4.69) is 0 Å². The number of halogens is 3. The monoisotopic (exact) mass is 244 g/mol. The largest absolute Gasteiger partial charge is 0.490 e. The number of rotatable bonds is 0. The van der Waals surface area contributed by atoms with E-state index < -0.39 is 12.1 Å². The molecule has 1 aliphatic heterocycles. The number of nitrogens with zero attached hydrogens (tertiary/aromatic N) is 1. The number of alkyl halides is 3. The van der Waals surface area contributed by atoms with Crippen LogP contribution in [0.5, 0.6) is 0 Å². The summed E-state index contributed by atoms with van der Waals surface area (Å²) in [6, 6.07) is -0.349. The quantitative estimate of drug-likeness (QED) is 0.628. The van der Waals surface area contributed by atoms with Crippen molar-refractivity contribution in [2.75, 3.05) is 26.3 Å². The second-order valence-corrected chi connectivity index (χ2v) is 2.74. The molecule has 1 rings (SSSR count). The lowest BCUT2D eigenvalue weighted by molar-refractivity contribution is -0.192. The fourth-order valence-electron chi connectivity index (χ4n) is 0.784. The van der Waals surface area contributed by atoms with Gasteiger partial charge in [0, 0.05) is 13.1 Å². The second kappa shape index (κ2) is 6.16. The molecule has 2 amide bonds. The molecular weight excluding hydrogens is 233 g/mol. The first-order valence-corrected chi connectivity index (χ1v) is 4.17. The van der Waals surface area contributed by atoms with Gasteiger partial charge in [0.15, 0.2) is 0 Å². The molecule has 0 radical (unpaired) electrons. The molecule has 0 unspecified atom stereocenters. The zero-order valence-electron chi connectivity index (χ0n) is 8.16. The summed E-state index contributed by atoms with van der Waals surface area (Å²) in [5, 5.41) is 7.12. The minimum absolute atomic E-state index is 0.349. The zero-order valence-corrected chi connectivity index (χ0v) is 8.16. The SMILES string of the molecule is NC(=O)N1CCOCC1.O=C(O)C(F)(F)F. The van der Waals surface area contributed by atoms with E-state index in [1.54, 1.807) is 4.90 Å². The third kappa shape index (κ3) is 6.06. The molecule has 0 bridgehead atoms. The van der Waals surface area contributed by atoms with Crippen molar-refractivity contribution in [3.8, 4) is 0 Å². The highest BCUT2D eigenvalue weighted by Gasteiger charge is 2.38. The van der Waals surface area contributed by atoms with E-state index in [1.807, 2.05) is 0 Å². The van der Waals surface area contributed by atoms with Gasteiger partial charge >= 0.3 is 18.2 Å². The Balaban J connectivity index is 0.000000293. The van der Waals surface area contributed by atoms with Crippen molar-refractivity contribution in [2.45, 2.75) is 6.18 Å². The third-order valence-electron chi connectivity index (χ3n) is 1.57. The molecule has 1 saturated heterocycles. The molecule has 0 atom stereocenters. The number of carbonyl (C=O) groups excluding carboxylic acids is 1. The van der Waals surface area contributed by atoms with Crippen molar-refractivity contribution in [1.82, 2.24) is 4.90 Å². The van der Waals surface area contributed by atoms with Crippen LogP contribution in [0.3, 0.4) is 0 Å². The molecule has 0 aromatic carbocycles. The summed E-state index contributed by atoms with van der Waals surface area (Å²) in [5.41, 5.74) is 5.00. The predicted molar refractivity (Wildman–Crippen MR) is 45.7 cm³/mol. The van der Waals surface area contributed by atoms with Crippen LogP contribution >= 0.6 is 0 Å². The Bertz CT molecular complexity index is 251. The van der Waals surface area contributed by atoms with Gasteiger partial charge in [0.25, 0.3) is 0 Å². The first-order valence-electron chi connectivity index (χ1n) is 4.17. The van der Waals surface area contributed by atoms with Gasteiger partial charge in [-0.25, -0.2) is 9.59 Å². The Morgan fingerprint density at radius 2 is 1.62 bits per heavy atom. The zero-order chi connectivity index (χ0) is 12.8. The van der Waals surface area contributed by atoms with Crippen LogP contribution in [-0.4, -0.2) is 54.5 Å². The molecule has 1 heterocycles. The minimum Gasteiger partial charge on any atom is -0.475 e. The Hall–Kier alpha value is -1.51. The number of primary amides is 1. The van der Waals surface area contributed by atoms with E-state index in [9.17, 15) is 18.0 Å². The normalized spacial score (nSPS) is 16.1. The summed E-state index contributed by atoms with van der Waals surface area (Å²) >= 11 is 0. The van der Waals surface area contributed by atoms with Gasteiger partial charge in [-0.3, -0.25) is 0 Å². The fourth-order valence-corrected chi connectivity index (χ4v) is 0.784. The summed E-state index contributed by atoms with van der Waals surface area (Å²) in [6.45, 7) is 2.50. The predicted octanol–water partition coefficient (Wildman–Crippen LogP) is 0.0306. The summed E-state index contributed by atoms with van der Waals surface area (Å²) in [4.78, 5) is 20.9. The lowest BCUT2D eigenvalue weighted by Gasteiger charge is -2.24. The average molecular weight is 244 g/mol. The van der Waals surface area contributed by atoms with E-state index in [-0.39, 0.29) is 6.03 Å². The van der Waals surface area contributed by atoms with Gasteiger partial charge in [-0.2, -0.15) is 13.2 Å². The molecule has 0 aromatic heterocycles. The highest BCUT2D eigenvalue weighted by atomic mass is 19.4. The number of amides is 2. The summed E-state index contributed by atoms with van der Waals surface area (Å²) in [5.74, 6) is -2.76. The Kier molecular flexibility index (Phi) is 5.57. The van der Waals surface area contributed by atoms with Crippen molar-refractivity contribution in [1.29, 1.82) is 0 Å². The summed E-state index contributed by atoms with van der Waals surface area (Å²) < 4.78 is 36.7. The second-order valence-electron chi connectivity index (χ2n) is 2.74. The van der Waals surface area contributed by atoms with E-state index in [0.29, 0.717) is 26.3 Å². The molecule has 1 fully saturated rings. The number of nitrogens with two attached hydrogens (primary N) is 1. The van der Waals surface area contributed by atoms with Crippen LogP contribution < -0.4 is 5.73 Å². The van der Waals surface area contributed by atoms with Crippen molar-refractivity contribution < 1.29 is 32.6 Å². The maximum absolute atomic E-state index is 10.6. The maximum atomic E-state index is 10.6. The molecule has 9 heteroatoms. The Labute approximate surface area is 88.8 Å². The number of carboxylic acid groups (broad SMARTS) is 1. The molecule has 16 heavy (non-hydrogen) atoms. The van der Waals surface area contributed by atoms with E-state index >= 15 is 0 Å². The standard InChI is InChI=1S/C5H10N2O2.C2HF3O2/c6-5(8)7-1-3-9-4-2-7;3-2(4,5)1(6)7/h1-4H2,(H2,6,8);(H,6,7). The van der Waals surface area contributed by atoms with Crippen molar-refractivity contribution >= 4 is 12.0 Å². The van der Waals surface area contributed by atoms with Gasteiger partial charge in [0.1, 0.15) is 0 Å². The summed E-state index contributed by atoms with van der Waals surface area (Å²) in [7, 11) is 0. The number of ether oxygens (including phenoxy) is 1. The summed E-state index contributed by atoms with van der Waals surface area (Å²) in [6.07, 6.45) is -5.08. The van der Waals surface area contributed by atoms with Crippen LogP contribution in [-0.2, 0) is 9.53 Å². The molecule has 3 N–H and O–H groups in total. The Morgan fingerprint density at radius 3 is 1.81 bits per heavy atom. The highest BCUT2D eigenvalue weighted by molar-refractivity contribution is 5.73. The van der Waals surface area contributed by atoms with Gasteiger partial charge in [-0.05, 0) is 0 Å². The number of aliphatic carboxylic acids is 1. The minimum atomic E-state index is -5.08.